The van der Waals surface area contributed by atoms with Crippen molar-refractivity contribution in [3.05, 3.63) is 48.6 Å². The lowest BCUT2D eigenvalue weighted by atomic mass is 10.1. The van der Waals surface area contributed by atoms with Crippen molar-refractivity contribution in [1.29, 1.82) is 0 Å². The molecule has 0 aromatic rings. The number of rotatable bonds is 15. The third kappa shape index (κ3) is 19.0. The topological polar surface area (TPSA) is 0 Å². The van der Waals surface area contributed by atoms with Gasteiger partial charge in [-0.2, -0.15) is 0 Å². The SMILES string of the molecule is CCCCCC=CCC=CCC=CC/C=C\CCCCCC. The number of allylic oxidation sites excluding steroid dienone is 8. The minimum absolute atomic E-state index is 1.06. The molecule has 0 amide bonds. The number of hydrogen-bond donors (Lipinski definition) is 0. The summed E-state index contributed by atoms with van der Waals surface area (Å²) in [7, 11) is 0. The van der Waals surface area contributed by atoms with Crippen LogP contribution in [0.1, 0.15) is 90.9 Å². The van der Waals surface area contributed by atoms with Crippen molar-refractivity contribution < 1.29 is 0 Å². The quantitative estimate of drug-likeness (QED) is 0.213. The lowest BCUT2D eigenvalue weighted by Crippen LogP contribution is -1.73. The van der Waals surface area contributed by atoms with Crippen LogP contribution in [-0.4, -0.2) is 0 Å². The fourth-order valence-corrected chi connectivity index (χ4v) is 2.25. The van der Waals surface area contributed by atoms with E-state index < -0.39 is 0 Å². The molecule has 0 aromatic carbocycles. The Morgan fingerprint density at radius 2 is 0.773 bits per heavy atom. The van der Waals surface area contributed by atoms with Gasteiger partial charge in [0.2, 0.25) is 0 Å². The summed E-state index contributed by atoms with van der Waals surface area (Å²) < 4.78 is 0. The van der Waals surface area contributed by atoms with E-state index in [1.54, 1.807) is 0 Å². The zero-order chi connectivity index (χ0) is 16.1. The van der Waals surface area contributed by atoms with Crippen LogP contribution in [0.4, 0.5) is 0 Å². The third-order valence-corrected chi connectivity index (χ3v) is 3.68. The maximum Gasteiger partial charge on any atom is -0.0169 e. The summed E-state index contributed by atoms with van der Waals surface area (Å²) in [5.41, 5.74) is 0. The Morgan fingerprint density at radius 3 is 1.23 bits per heavy atom. The van der Waals surface area contributed by atoms with Crippen LogP contribution in [0, 0.1) is 0 Å². The van der Waals surface area contributed by atoms with Gasteiger partial charge >= 0.3 is 0 Å². The minimum atomic E-state index is 1.06. The molecule has 0 N–H and O–H groups in total. The Labute approximate surface area is 140 Å². The highest BCUT2D eigenvalue weighted by Crippen LogP contribution is 2.03. The van der Waals surface area contributed by atoms with Crippen LogP contribution in [0.3, 0.4) is 0 Å². The second-order valence-electron chi connectivity index (χ2n) is 5.94. The fourth-order valence-electron chi connectivity index (χ4n) is 2.25. The van der Waals surface area contributed by atoms with Crippen LogP contribution >= 0.6 is 0 Å². The van der Waals surface area contributed by atoms with Crippen molar-refractivity contribution in [2.45, 2.75) is 90.9 Å². The van der Waals surface area contributed by atoms with Gasteiger partial charge in [0.25, 0.3) is 0 Å². The molecule has 0 rings (SSSR count). The molecule has 126 valence electrons. The standard InChI is InChI=1S/C22H38/c1-3-5-7-9-11-13-15-17-19-21-22-20-18-16-14-12-10-8-6-4-2/h11,13-14,16-17,19-20,22H,3-10,12,15,18,21H2,1-2H3/b13-11?,16-14-,19-17?,22-20?. The number of unbranched alkanes of at least 4 members (excludes halogenated alkanes) is 7. The summed E-state index contributed by atoms with van der Waals surface area (Å²) >= 11 is 0. The fraction of sp³-hybridized carbons (Fsp3) is 0.636. The van der Waals surface area contributed by atoms with E-state index in [-0.39, 0.29) is 0 Å². The van der Waals surface area contributed by atoms with E-state index in [9.17, 15) is 0 Å². The Hall–Kier alpha value is -1.04. The summed E-state index contributed by atoms with van der Waals surface area (Å²) in [5.74, 6) is 0. The molecule has 0 unspecified atom stereocenters. The average molecular weight is 303 g/mol. The van der Waals surface area contributed by atoms with Crippen molar-refractivity contribution in [3.8, 4) is 0 Å². The van der Waals surface area contributed by atoms with Crippen LogP contribution < -0.4 is 0 Å². The molecule has 0 bridgehead atoms. The van der Waals surface area contributed by atoms with Gasteiger partial charge in [-0.25, -0.2) is 0 Å². The molecular weight excluding hydrogens is 264 g/mol. The van der Waals surface area contributed by atoms with Crippen molar-refractivity contribution in [3.63, 3.8) is 0 Å². The minimum Gasteiger partial charge on any atom is -0.0882 e. The monoisotopic (exact) mass is 302 g/mol. The molecule has 0 saturated heterocycles. The average Bonchev–Trinajstić information content (AvgIpc) is 2.54. The predicted octanol–water partition coefficient (Wildman–Crippen LogP) is 7.93. The number of hydrogen-bond acceptors (Lipinski definition) is 0. The van der Waals surface area contributed by atoms with E-state index in [1.165, 1.54) is 57.8 Å². The van der Waals surface area contributed by atoms with Gasteiger partial charge in [-0.05, 0) is 44.9 Å². The highest BCUT2D eigenvalue weighted by atomic mass is 13.9. The highest BCUT2D eigenvalue weighted by molar-refractivity contribution is 4.99. The molecule has 0 heteroatoms. The Kier molecular flexibility index (Phi) is 19.0. The van der Waals surface area contributed by atoms with Crippen LogP contribution in [0.2, 0.25) is 0 Å². The van der Waals surface area contributed by atoms with Gasteiger partial charge in [-0.3, -0.25) is 0 Å². The van der Waals surface area contributed by atoms with E-state index in [1.807, 2.05) is 0 Å². The molecule has 0 aromatic heterocycles. The maximum atomic E-state index is 2.33. The second kappa shape index (κ2) is 20.0. The summed E-state index contributed by atoms with van der Waals surface area (Å²) in [5, 5.41) is 0. The van der Waals surface area contributed by atoms with Gasteiger partial charge in [-0.15, -0.1) is 0 Å². The van der Waals surface area contributed by atoms with Crippen molar-refractivity contribution >= 4 is 0 Å². The van der Waals surface area contributed by atoms with Crippen LogP contribution in [-0.2, 0) is 0 Å². The molecule has 0 spiro atoms. The van der Waals surface area contributed by atoms with Gasteiger partial charge in [-0.1, -0.05) is 94.6 Å². The van der Waals surface area contributed by atoms with E-state index in [0.717, 1.165) is 19.3 Å². The van der Waals surface area contributed by atoms with Crippen molar-refractivity contribution in [1.82, 2.24) is 0 Å². The Morgan fingerprint density at radius 1 is 0.409 bits per heavy atom. The first kappa shape index (κ1) is 21.0. The lowest BCUT2D eigenvalue weighted by Gasteiger charge is -1.93. The largest absolute Gasteiger partial charge is 0.0882 e. The molecule has 0 heterocycles. The molecule has 0 nitrogen and oxygen atoms in total. The Balaban J connectivity index is 3.35. The molecule has 0 radical (unpaired) electrons. The zero-order valence-electron chi connectivity index (χ0n) is 15.1. The molecule has 22 heavy (non-hydrogen) atoms. The first-order valence-corrected chi connectivity index (χ1v) is 9.51. The van der Waals surface area contributed by atoms with Crippen molar-refractivity contribution in [2.24, 2.45) is 0 Å². The smallest absolute Gasteiger partial charge is 0.0169 e. The van der Waals surface area contributed by atoms with E-state index in [2.05, 4.69) is 62.5 Å². The highest BCUT2D eigenvalue weighted by Gasteiger charge is 1.83. The first-order chi connectivity index (χ1) is 10.9. The van der Waals surface area contributed by atoms with E-state index in [0.29, 0.717) is 0 Å². The molecule has 0 aliphatic heterocycles. The second-order valence-corrected chi connectivity index (χ2v) is 5.94. The van der Waals surface area contributed by atoms with Gasteiger partial charge in [0, 0.05) is 0 Å². The van der Waals surface area contributed by atoms with Crippen LogP contribution in [0.25, 0.3) is 0 Å². The molecule has 0 aliphatic rings. The summed E-state index contributed by atoms with van der Waals surface area (Å²) in [4.78, 5) is 0. The lowest BCUT2D eigenvalue weighted by molar-refractivity contribution is 0.674. The zero-order valence-corrected chi connectivity index (χ0v) is 15.1. The van der Waals surface area contributed by atoms with Gasteiger partial charge in [0.05, 0.1) is 0 Å². The maximum absolute atomic E-state index is 2.33. The Bertz CT molecular complexity index is 304. The van der Waals surface area contributed by atoms with Crippen molar-refractivity contribution in [2.75, 3.05) is 0 Å². The summed E-state index contributed by atoms with van der Waals surface area (Å²) in [6.07, 6.45) is 33.5. The normalized spacial score (nSPS) is 12.6. The molecule has 0 aliphatic carbocycles. The van der Waals surface area contributed by atoms with Gasteiger partial charge < -0.3 is 0 Å². The van der Waals surface area contributed by atoms with Gasteiger partial charge in [0.15, 0.2) is 0 Å². The summed E-state index contributed by atoms with van der Waals surface area (Å²) in [6.45, 7) is 4.52. The van der Waals surface area contributed by atoms with E-state index >= 15 is 0 Å². The molecule has 0 fully saturated rings. The third-order valence-electron chi connectivity index (χ3n) is 3.68. The summed E-state index contributed by atoms with van der Waals surface area (Å²) in [6, 6.07) is 0. The van der Waals surface area contributed by atoms with Crippen LogP contribution in [0.5, 0.6) is 0 Å². The molecule has 0 saturated carbocycles. The predicted molar refractivity (Wildman–Crippen MR) is 103 cm³/mol. The molecule has 0 atom stereocenters. The van der Waals surface area contributed by atoms with Crippen LogP contribution in [0.15, 0.2) is 48.6 Å². The molecular formula is C22H38. The van der Waals surface area contributed by atoms with E-state index in [4.69, 9.17) is 0 Å². The first-order valence-electron chi connectivity index (χ1n) is 9.51. The van der Waals surface area contributed by atoms with Gasteiger partial charge in [0.1, 0.15) is 0 Å².